The van der Waals surface area contributed by atoms with E-state index in [0.717, 1.165) is 83.0 Å². The summed E-state index contributed by atoms with van der Waals surface area (Å²) in [6.07, 6.45) is 0. The van der Waals surface area contributed by atoms with Crippen LogP contribution in [0.2, 0.25) is 0 Å². The Morgan fingerprint density at radius 3 is 1.91 bits per heavy atom. The molecule has 2 aromatic heterocycles. The number of anilines is 3. The molecule has 0 atom stereocenters. The summed E-state index contributed by atoms with van der Waals surface area (Å²) in [6, 6.07) is 66.8. The molecule has 0 spiro atoms. The van der Waals surface area contributed by atoms with Gasteiger partial charge in [-0.15, -0.1) is 0 Å². The second kappa shape index (κ2) is 11.7. The molecule has 0 amide bonds. The highest BCUT2D eigenvalue weighted by molar-refractivity contribution is 6.20. The standard InChI is InChI=1S/C50H31NO2/c1-2-14-34-30-36(27-26-32(34)12-1)35-15-9-16-37(31-35)51(44-22-11-25-47-49(44)41-19-6-8-23-45(41)52-47)43-21-7-5-18-39(43)40-20-10-24-46-48(40)42-29-28-33-13-3-4-17-38(33)50(42)53-46/h1-31H. The molecule has 0 fully saturated rings. The zero-order valence-corrected chi connectivity index (χ0v) is 28.7. The Labute approximate surface area is 305 Å². The minimum Gasteiger partial charge on any atom is -0.456 e. The zero-order chi connectivity index (χ0) is 34.9. The van der Waals surface area contributed by atoms with Crippen molar-refractivity contribution in [3.63, 3.8) is 0 Å². The molecule has 9 aromatic carbocycles. The summed E-state index contributed by atoms with van der Waals surface area (Å²) in [5, 5.41) is 9.11. The highest BCUT2D eigenvalue weighted by Crippen LogP contribution is 2.48. The van der Waals surface area contributed by atoms with Gasteiger partial charge in [-0.1, -0.05) is 133 Å². The van der Waals surface area contributed by atoms with Gasteiger partial charge in [0.05, 0.1) is 16.8 Å². The molecule has 0 aliphatic heterocycles. The van der Waals surface area contributed by atoms with Crippen molar-refractivity contribution in [3.05, 3.63) is 188 Å². The van der Waals surface area contributed by atoms with Crippen LogP contribution in [0.4, 0.5) is 17.1 Å². The van der Waals surface area contributed by atoms with Crippen LogP contribution in [-0.2, 0) is 0 Å². The first kappa shape index (κ1) is 29.6. The first-order valence-electron chi connectivity index (χ1n) is 18.0. The van der Waals surface area contributed by atoms with Crippen LogP contribution in [-0.4, -0.2) is 0 Å². The fourth-order valence-electron chi connectivity index (χ4n) is 8.22. The number of para-hydroxylation sites is 2. The molecular formula is C50H31NO2. The van der Waals surface area contributed by atoms with Crippen LogP contribution in [0, 0.1) is 0 Å². The minimum absolute atomic E-state index is 0.853. The third kappa shape index (κ3) is 4.68. The smallest absolute Gasteiger partial charge is 0.143 e. The monoisotopic (exact) mass is 677 g/mol. The largest absolute Gasteiger partial charge is 0.456 e. The predicted octanol–water partition coefficient (Wildman–Crippen LogP) is 14.6. The summed E-state index contributed by atoms with van der Waals surface area (Å²) >= 11 is 0. The molecule has 0 bridgehead atoms. The zero-order valence-electron chi connectivity index (χ0n) is 28.7. The molecule has 3 heteroatoms. The van der Waals surface area contributed by atoms with Gasteiger partial charge in [-0.25, -0.2) is 0 Å². The molecule has 11 rings (SSSR count). The molecule has 11 aromatic rings. The van der Waals surface area contributed by atoms with Crippen LogP contribution in [0.1, 0.15) is 0 Å². The van der Waals surface area contributed by atoms with E-state index in [4.69, 9.17) is 8.83 Å². The predicted molar refractivity (Wildman–Crippen MR) is 222 cm³/mol. The second-order valence-corrected chi connectivity index (χ2v) is 13.7. The lowest BCUT2D eigenvalue weighted by atomic mass is 9.95. The molecule has 0 unspecified atom stereocenters. The summed E-state index contributed by atoms with van der Waals surface area (Å²) in [4.78, 5) is 2.40. The quantitative estimate of drug-likeness (QED) is 0.182. The number of benzene rings is 9. The van der Waals surface area contributed by atoms with Crippen molar-refractivity contribution in [3.8, 4) is 22.3 Å². The van der Waals surface area contributed by atoms with Gasteiger partial charge in [-0.2, -0.15) is 0 Å². The Bertz CT molecular complexity index is 3200. The number of nitrogens with zero attached hydrogens (tertiary/aromatic N) is 1. The Balaban J connectivity index is 1.19. The second-order valence-electron chi connectivity index (χ2n) is 13.7. The third-order valence-corrected chi connectivity index (χ3v) is 10.6. The van der Waals surface area contributed by atoms with E-state index in [0.29, 0.717) is 0 Å². The van der Waals surface area contributed by atoms with Crippen molar-refractivity contribution in [2.45, 2.75) is 0 Å². The highest BCUT2D eigenvalue weighted by Gasteiger charge is 2.24. The summed E-state index contributed by atoms with van der Waals surface area (Å²) < 4.78 is 13.1. The molecule has 0 N–H and O–H groups in total. The molecule has 0 radical (unpaired) electrons. The van der Waals surface area contributed by atoms with Crippen molar-refractivity contribution in [2.75, 3.05) is 4.90 Å². The highest BCUT2D eigenvalue weighted by atomic mass is 16.3. The van der Waals surface area contributed by atoms with Crippen LogP contribution < -0.4 is 4.90 Å². The fraction of sp³-hybridized carbons (Fsp3) is 0. The molecule has 53 heavy (non-hydrogen) atoms. The van der Waals surface area contributed by atoms with Crippen LogP contribution >= 0.6 is 0 Å². The summed E-state index contributed by atoms with van der Waals surface area (Å²) in [7, 11) is 0. The SMILES string of the molecule is c1cc(-c2ccc3ccccc3c2)cc(N(c2ccccc2-c2cccc3oc4c5ccccc5ccc4c23)c2cccc3oc4ccccc4c23)c1. The maximum absolute atomic E-state index is 6.66. The first-order valence-corrected chi connectivity index (χ1v) is 18.0. The van der Waals surface area contributed by atoms with Gasteiger partial charge in [0.25, 0.3) is 0 Å². The average Bonchev–Trinajstić information content (AvgIpc) is 3.81. The molecule has 248 valence electrons. The summed E-state index contributed by atoms with van der Waals surface area (Å²) in [5.74, 6) is 0. The summed E-state index contributed by atoms with van der Waals surface area (Å²) in [5.41, 5.74) is 11.2. The lowest BCUT2D eigenvalue weighted by Gasteiger charge is -2.29. The van der Waals surface area contributed by atoms with Crippen molar-refractivity contribution in [2.24, 2.45) is 0 Å². The average molecular weight is 678 g/mol. The molecule has 0 saturated heterocycles. The number of rotatable bonds is 5. The Kier molecular flexibility index (Phi) is 6.55. The topological polar surface area (TPSA) is 29.5 Å². The molecule has 0 aliphatic carbocycles. The maximum Gasteiger partial charge on any atom is 0.143 e. The van der Waals surface area contributed by atoms with Gasteiger partial charge in [-0.05, 0) is 87.4 Å². The van der Waals surface area contributed by atoms with Crippen molar-refractivity contribution < 1.29 is 8.83 Å². The number of furan rings is 2. The lowest BCUT2D eigenvalue weighted by molar-refractivity contribution is 0.669. The summed E-state index contributed by atoms with van der Waals surface area (Å²) in [6.45, 7) is 0. The van der Waals surface area contributed by atoms with E-state index in [2.05, 4.69) is 181 Å². The third-order valence-electron chi connectivity index (χ3n) is 10.6. The van der Waals surface area contributed by atoms with Crippen LogP contribution in [0.25, 0.3) is 87.7 Å². The van der Waals surface area contributed by atoms with Crippen LogP contribution in [0.3, 0.4) is 0 Å². The Morgan fingerprint density at radius 2 is 0.981 bits per heavy atom. The molecule has 0 aliphatic rings. The molecule has 3 nitrogen and oxygen atoms in total. The minimum atomic E-state index is 0.853. The van der Waals surface area contributed by atoms with E-state index in [-0.39, 0.29) is 0 Å². The van der Waals surface area contributed by atoms with E-state index >= 15 is 0 Å². The van der Waals surface area contributed by atoms with Gasteiger partial charge in [-0.3, -0.25) is 0 Å². The number of hydrogen-bond donors (Lipinski definition) is 0. The van der Waals surface area contributed by atoms with E-state index in [1.807, 2.05) is 12.1 Å². The Hall–Kier alpha value is -7.10. The normalized spacial score (nSPS) is 11.8. The fourth-order valence-corrected chi connectivity index (χ4v) is 8.22. The number of hydrogen-bond acceptors (Lipinski definition) is 3. The molecule has 2 heterocycles. The van der Waals surface area contributed by atoms with Gasteiger partial charge < -0.3 is 13.7 Å². The van der Waals surface area contributed by atoms with Crippen LogP contribution in [0.15, 0.2) is 197 Å². The first-order chi connectivity index (χ1) is 26.3. The molecular weight excluding hydrogens is 647 g/mol. The van der Waals surface area contributed by atoms with Crippen LogP contribution in [0.5, 0.6) is 0 Å². The van der Waals surface area contributed by atoms with Gasteiger partial charge in [0, 0.05) is 32.8 Å². The lowest BCUT2D eigenvalue weighted by Crippen LogP contribution is -2.11. The van der Waals surface area contributed by atoms with Gasteiger partial charge in [0.1, 0.15) is 22.3 Å². The molecule has 0 saturated carbocycles. The van der Waals surface area contributed by atoms with E-state index in [1.54, 1.807) is 0 Å². The maximum atomic E-state index is 6.66. The van der Waals surface area contributed by atoms with E-state index in [9.17, 15) is 0 Å². The van der Waals surface area contributed by atoms with E-state index in [1.165, 1.54) is 21.7 Å². The van der Waals surface area contributed by atoms with Gasteiger partial charge in [0.2, 0.25) is 0 Å². The van der Waals surface area contributed by atoms with Gasteiger partial charge in [0.15, 0.2) is 0 Å². The van der Waals surface area contributed by atoms with Crippen molar-refractivity contribution in [1.82, 2.24) is 0 Å². The van der Waals surface area contributed by atoms with Crippen molar-refractivity contribution in [1.29, 1.82) is 0 Å². The number of fused-ring (bicyclic) bond motifs is 9. The Morgan fingerprint density at radius 1 is 0.340 bits per heavy atom. The van der Waals surface area contributed by atoms with Crippen molar-refractivity contribution >= 4 is 82.5 Å². The van der Waals surface area contributed by atoms with Gasteiger partial charge >= 0.3 is 0 Å². The van der Waals surface area contributed by atoms with E-state index < -0.39 is 0 Å².